The van der Waals surface area contributed by atoms with Gasteiger partial charge in [-0.25, -0.2) is 5.43 Å². The number of rotatable bonds is 11. The lowest BCUT2D eigenvalue weighted by atomic mass is 10.0. The predicted molar refractivity (Wildman–Crippen MR) is 151 cm³/mol. The second-order valence-corrected chi connectivity index (χ2v) is 9.75. The maximum Gasteiger partial charge on any atom is 0.262 e. The van der Waals surface area contributed by atoms with Gasteiger partial charge in [0, 0.05) is 29.2 Å². The van der Waals surface area contributed by atoms with Crippen molar-refractivity contribution >= 4 is 28.9 Å². The van der Waals surface area contributed by atoms with Crippen LogP contribution in [0.5, 0.6) is 5.75 Å². The summed E-state index contributed by atoms with van der Waals surface area (Å²) in [5.74, 6) is 0.112. The number of carbonyl (C=O) groups is 2. The maximum absolute atomic E-state index is 13.0. The molecule has 0 bridgehead atoms. The fourth-order valence-electron chi connectivity index (χ4n) is 4.33. The molecule has 2 amide bonds. The third-order valence-corrected chi connectivity index (χ3v) is 6.20. The van der Waals surface area contributed by atoms with Gasteiger partial charge >= 0.3 is 0 Å². The fourth-order valence-corrected chi connectivity index (χ4v) is 4.33. The van der Waals surface area contributed by atoms with Crippen molar-refractivity contribution in [3.8, 4) is 5.75 Å². The average molecular weight is 511 g/mol. The molecule has 1 atom stereocenters. The second kappa shape index (κ2) is 12.7. The van der Waals surface area contributed by atoms with Crippen molar-refractivity contribution in [3.05, 3.63) is 102 Å². The van der Waals surface area contributed by atoms with E-state index in [1.54, 1.807) is 6.21 Å². The minimum Gasteiger partial charge on any atom is -0.484 e. The molecule has 0 aliphatic rings. The monoisotopic (exact) mass is 510 g/mol. The molecular formula is C31H34N4O3. The number of aromatic nitrogens is 1. The molecule has 2 N–H and O–H groups in total. The lowest BCUT2D eigenvalue weighted by Gasteiger charge is -2.19. The Labute approximate surface area is 223 Å². The molecule has 1 heterocycles. The number of hydrogen-bond acceptors (Lipinski definition) is 4. The molecule has 0 unspecified atom stereocenters. The van der Waals surface area contributed by atoms with Crippen molar-refractivity contribution in [1.82, 2.24) is 15.3 Å². The Morgan fingerprint density at radius 3 is 2.45 bits per heavy atom. The van der Waals surface area contributed by atoms with E-state index in [0.717, 1.165) is 28.6 Å². The number of nitrogens with one attached hydrogen (secondary N) is 2. The summed E-state index contributed by atoms with van der Waals surface area (Å²) in [5.41, 5.74) is 6.74. The zero-order chi connectivity index (χ0) is 26.9. The van der Waals surface area contributed by atoms with Crippen LogP contribution in [0, 0.1) is 12.8 Å². The highest BCUT2D eigenvalue weighted by molar-refractivity contribution is 6.00. The molecule has 3 aromatic carbocycles. The average Bonchev–Trinajstić information content (AvgIpc) is 3.25. The molecule has 1 aromatic heterocycles. The number of ether oxygens (including phenoxy) is 1. The Balaban J connectivity index is 1.41. The minimum atomic E-state index is -0.723. The molecule has 0 saturated carbocycles. The maximum atomic E-state index is 13.0. The molecule has 196 valence electrons. The first-order valence-electron chi connectivity index (χ1n) is 12.8. The topological polar surface area (TPSA) is 84.7 Å². The molecule has 0 aliphatic heterocycles. The molecule has 38 heavy (non-hydrogen) atoms. The number of hydrazone groups is 1. The number of aryl methyl sites for hydroxylation is 1. The summed E-state index contributed by atoms with van der Waals surface area (Å²) in [6.07, 6.45) is 4.16. The molecule has 0 spiro atoms. The largest absolute Gasteiger partial charge is 0.484 e. The van der Waals surface area contributed by atoms with Gasteiger partial charge in [0.15, 0.2) is 6.61 Å². The Kier molecular flexibility index (Phi) is 8.93. The zero-order valence-corrected chi connectivity index (χ0v) is 22.1. The summed E-state index contributed by atoms with van der Waals surface area (Å²) in [6, 6.07) is 25.1. The predicted octanol–water partition coefficient (Wildman–Crippen LogP) is 5.06. The van der Waals surface area contributed by atoms with Gasteiger partial charge in [0.1, 0.15) is 11.8 Å². The second-order valence-electron chi connectivity index (χ2n) is 9.75. The number of benzene rings is 3. The van der Waals surface area contributed by atoms with E-state index < -0.39 is 6.04 Å². The standard InChI is InChI=1S/C31H34N4O3/c1-22(2)17-27(33-30(36)21-38-29-16-10-7-11-23(29)3)31(37)34-32-18-25-20-35(19-24-12-5-4-6-13-24)28-15-9-8-14-26(25)28/h4-16,18,20,22,27H,17,19,21H2,1-3H3,(H,33,36)(H,34,37)/b32-18-/t27-/m1/s1. The van der Waals surface area contributed by atoms with Gasteiger partial charge < -0.3 is 14.6 Å². The molecule has 4 aromatic rings. The van der Waals surface area contributed by atoms with Crippen molar-refractivity contribution in [1.29, 1.82) is 0 Å². The fraction of sp³-hybridized carbons (Fsp3) is 0.258. The van der Waals surface area contributed by atoms with E-state index >= 15 is 0 Å². The van der Waals surface area contributed by atoms with Crippen LogP contribution in [-0.4, -0.2) is 35.2 Å². The Morgan fingerprint density at radius 1 is 0.974 bits per heavy atom. The molecule has 7 heteroatoms. The highest BCUT2D eigenvalue weighted by Crippen LogP contribution is 2.21. The summed E-state index contributed by atoms with van der Waals surface area (Å²) in [5, 5.41) is 8.07. The quantitative estimate of drug-likeness (QED) is 0.219. The zero-order valence-electron chi connectivity index (χ0n) is 22.1. The molecule has 0 aliphatic carbocycles. The normalized spacial score (nSPS) is 12.1. The SMILES string of the molecule is Cc1ccccc1OCC(=O)N[C@H](CC(C)C)C(=O)N/N=C\c1cn(Cc2ccccc2)c2ccccc12. The van der Waals surface area contributed by atoms with Crippen LogP contribution in [0.1, 0.15) is 37.0 Å². The number of amides is 2. The molecule has 7 nitrogen and oxygen atoms in total. The Morgan fingerprint density at radius 2 is 1.68 bits per heavy atom. The van der Waals surface area contributed by atoms with Gasteiger partial charge in [-0.1, -0.05) is 80.6 Å². The van der Waals surface area contributed by atoms with Crippen molar-refractivity contribution in [2.75, 3.05) is 6.61 Å². The van der Waals surface area contributed by atoms with Crippen LogP contribution in [0.4, 0.5) is 0 Å². The van der Waals surface area contributed by atoms with Crippen LogP contribution in [-0.2, 0) is 16.1 Å². The van der Waals surface area contributed by atoms with E-state index in [-0.39, 0.29) is 24.3 Å². The van der Waals surface area contributed by atoms with Crippen LogP contribution < -0.4 is 15.5 Å². The highest BCUT2D eigenvalue weighted by Gasteiger charge is 2.22. The first kappa shape index (κ1) is 26.7. The molecular weight excluding hydrogens is 476 g/mol. The lowest BCUT2D eigenvalue weighted by Crippen LogP contribution is -2.47. The molecule has 0 fully saturated rings. The summed E-state index contributed by atoms with van der Waals surface area (Å²) >= 11 is 0. The number of carbonyl (C=O) groups excluding carboxylic acids is 2. The number of fused-ring (bicyclic) bond motifs is 1. The van der Waals surface area contributed by atoms with Crippen molar-refractivity contribution in [2.24, 2.45) is 11.0 Å². The van der Waals surface area contributed by atoms with Gasteiger partial charge in [0.05, 0.1) is 6.21 Å². The van der Waals surface area contributed by atoms with Gasteiger partial charge in [-0.3, -0.25) is 9.59 Å². The third kappa shape index (κ3) is 7.09. The number of nitrogens with zero attached hydrogens (tertiary/aromatic N) is 2. The number of para-hydroxylation sites is 2. The van der Waals surface area contributed by atoms with Crippen molar-refractivity contribution in [3.63, 3.8) is 0 Å². The van der Waals surface area contributed by atoms with Crippen molar-refractivity contribution < 1.29 is 14.3 Å². The summed E-state index contributed by atoms with van der Waals surface area (Å²) in [7, 11) is 0. The van der Waals surface area contributed by atoms with Crippen LogP contribution in [0.15, 0.2) is 90.2 Å². The van der Waals surface area contributed by atoms with E-state index in [4.69, 9.17) is 4.74 Å². The smallest absolute Gasteiger partial charge is 0.262 e. The van der Waals surface area contributed by atoms with Crippen LogP contribution in [0.25, 0.3) is 10.9 Å². The summed E-state index contributed by atoms with van der Waals surface area (Å²) in [4.78, 5) is 25.5. The lowest BCUT2D eigenvalue weighted by molar-refractivity contribution is -0.130. The van der Waals surface area contributed by atoms with E-state index in [0.29, 0.717) is 12.2 Å². The minimum absolute atomic E-state index is 0.170. The van der Waals surface area contributed by atoms with Gasteiger partial charge in [0.25, 0.3) is 11.8 Å². The van der Waals surface area contributed by atoms with Gasteiger partial charge in [-0.15, -0.1) is 0 Å². The molecule has 4 rings (SSSR count). The summed E-state index contributed by atoms with van der Waals surface area (Å²) < 4.78 is 7.80. The van der Waals surface area contributed by atoms with Crippen molar-refractivity contribution in [2.45, 2.75) is 39.8 Å². The summed E-state index contributed by atoms with van der Waals surface area (Å²) in [6.45, 7) is 6.48. The van der Waals surface area contributed by atoms with Crippen LogP contribution in [0.2, 0.25) is 0 Å². The van der Waals surface area contributed by atoms with Crippen LogP contribution in [0.3, 0.4) is 0 Å². The van der Waals surface area contributed by atoms with Gasteiger partial charge in [-0.2, -0.15) is 5.10 Å². The third-order valence-electron chi connectivity index (χ3n) is 6.20. The van der Waals surface area contributed by atoms with E-state index in [1.165, 1.54) is 5.56 Å². The van der Waals surface area contributed by atoms with E-state index in [9.17, 15) is 9.59 Å². The van der Waals surface area contributed by atoms with Gasteiger partial charge in [0.2, 0.25) is 0 Å². The Bertz CT molecular complexity index is 1410. The Hall–Kier alpha value is -4.39. The van der Waals surface area contributed by atoms with E-state index in [1.807, 2.05) is 87.6 Å². The highest BCUT2D eigenvalue weighted by atomic mass is 16.5. The van der Waals surface area contributed by atoms with Crippen LogP contribution >= 0.6 is 0 Å². The van der Waals surface area contributed by atoms with Gasteiger partial charge in [-0.05, 0) is 42.5 Å². The molecule has 0 saturated heterocycles. The molecule has 0 radical (unpaired) electrons. The first-order chi connectivity index (χ1) is 18.4. The van der Waals surface area contributed by atoms with E-state index in [2.05, 4.69) is 38.6 Å². The number of hydrogen-bond donors (Lipinski definition) is 2. The first-order valence-corrected chi connectivity index (χ1v) is 12.8.